The highest BCUT2D eigenvalue weighted by molar-refractivity contribution is 4.98. The standard InChI is InChI=1S/C18H29N3O/c1-22-18-11-15-13-20(16-6-3-2-4-7-16)12-14(15)10-17(18)21-9-5-8-19-21/h5,8-9,14-18H,2-4,6-7,10-13H2,1H3/t14-,15+,17-,18-/m0/s1. The molecule has 1 aromatic rings. The minimum absolute atomic E-state index is 0.326. The second-order valence-electron chi connectivity index (χ2n) is 7.56. The first-order valence-corrected chi connectivity index (χ1v) is 9.11. The summed E-state index contributed by atoms with van der Waals surface area (Å²) in [5, 5.41) is 4.48. The molecule has 4 nitrogen and oxygen atoms in total. The predicted octanol–water partition coefficient (Wildman–Crippen LogP) is 3.11. The van der Waals surface area contributed by atoms with Crippen molar-refractivity contribution in [1.29, 1.82) is 0 Å². The van der Waals surface area contributed by atoms with Crippen LogP contribution in [0.2, 0.25) is 0 Å². The lowest BCUT2D eigenvalue weighted by Gasteiger charge is -2.37. The van der Waals surface area contributed by atoms with Crippen LogP contribution in [-0.4, -0.2) is 47.0 Å². The van der Waals surface area contributed by atoms with Gasteiger partial charge in [0.05, 0.1) is 12.1 Å². The lowest BCUT2D eigenvalue weighted by molar-refractivity contribution is -0.00488. The summed E-state index contributed by atoms with van der Waals surface area (Å²) in [7, 11) is 1.87. The lowest BCUT2D eigenvalue weighted by atomic mass is 9.77. The molecule has 3 fully saturated rings. The van der Waals surface area contributed by atoms with Crippen molar-refractivity contribution in [1.82, 2.24) is 14.7 Å². The smallest absolute Gasteiger partial charge is 0.0798 e. The van der Waals surface area contributed by atoms with Gasteiger partial charge in [0.15, 0.2) is 0 Å². The van der Waals surface area contributed by atoms with Gasteiger partial charge in [-0.15, -0.1) is 0 Å². The van der Waals surface area contributed by atoms with Gasteiger partial charge in [0, 0.05) is 38.6 Å². The molecule has 1 saturated heterocycles. The summed E-state index contributed by atoms with van der Waals surface area (Å²) in [4.78, 5) is 2.81. The van der Waals surface area contributed by atoms with Crippen LogP contribution in [-0.2, 0) is 4.74 Å². The number of methoxy groups -OCH3 is 1. The first-order chi connectivity index (χ1) is 10.8. The van der Waals surface area contributed by atoms with E-state index in [1.54, 1.807) is 0 Å². The Morgan fingerprint density at radius 1 is 1.05 bits per heavy atom. The molecule has 0 radical (unpaired) electrons. The van der Waals surface area contributed by atoms with E-state index >= 15 is 0 Å². The van der Waals surface area contributed by atoms with Gasteiger partial charge in [-0.3, -0.25) is 9.58 Å². The molecule has 3 aliphatic rings. The molecule has 4 atom stereocenters. The fraction of sp³-hybridized carbons (Fsp3) is 0.833. The zero-order valence-corrected chi connectivity index (χ0v) is 13.7. The van der Waals surface area contributed by atoms with Crippen LogP contribution in [0.1, 0.15) is 51.0 Å². The number of fused-ring (bicyclic) bond motifs is 1. The molecular weight excluding hydrogens is 274 g/mol. The van der Waals surface area contributed by atoms with Crippen molar-refractivity contribution in [3.63, 3.8) is 0 Å². The van der Waals surface area contributed by atoms with Crippen molar-refractivity contribution in [3.05, 3.63) is 18.5 Å². The normalized spacial score (nSPS) is 37.3. The van der Waals surface area contributed by atoms with Crippen LogP contribution in [0.15, 0.2) is 18.5 Å². The van der Waals surface area contributed by atoms with Gasteiger partial charge in [-0.05, 0) is 43.6 Å². The molecule has 0 amide bonds. The fourth-order valence-electron chi connectivity index (χ4n) is 5.18. The Bertz CT molecular complexity index is 469. The second kappa shape index (κ2) is 6.32. The summed E-state index contributed by atoms with van der Waals surface area (Å²) in [6, 6.07) is 3.32. The van der Waals surface area contributed by atoms with E-state index < -0.39 is 0 Å². The van der Waals surface area contributed by atoms with Crippen molar-refractivity contribution in [3.8, 4) is 0 Å². The first-order valence-electron chi connectivity index (χ1n) is 9.11. The molecular formula is C18H29N3O. The number of hydrogen-bond acceptors (Lipinski definition) is 3. The monoisotopic (exact) mass is 303 g/mol. The van der Waals surface area contributed by atoms with Crippen LogP contribution in [0.3, 0.4) is 0 Å². The molecule has 22 heavy (non-hydrogen) atoms. The largest absolute Gasteiger partial charge is 0.379 e. The summed E-state index contributed by atoms with van der Waals surface area (Å²) >= 11 is 0. The molecule has 122 valence electrons. The van der Waals surface area contributed by atoms with Gasteiger partial charge < -0.3 is 4.74 Å². The summed E-state index contributed by atoms with van der Waals surface area (Å²) in [5.74, 6) is 1.67. The number of likely N-dealkylation sites (tertiary alicyclic amines) is 1. The third-order valence-electron chi connectivity index (χ3n) is 6.37. The molecule has 2 heterocycles. The van der Waals surface area contributed by atoms with Gasteiger partial charge in [-0.1, -0.05) is 19.3 Å². The maximum absolute atomic E-state index is 5.84. The number of ether oxygens (including phenoxy) is 1. The van der Waals surface area contributed by atoms with E-state index in [0.717, 1.165) is 17.9 Å². The van der Waals surface area contributed by atoms with Crippen molar-refractivity contribution in [2.24, 2.45) is 11.8 Å². The quantitative estimate of drug-likeness (QED) is 0.859. The van der Waals surface area contributed by atoms with E-state index in [1.807, 2.05) is 19.4 Å². The number of hydrogen-bond donors (Lipinski definition) is 0. The van der Waals surface area contributed by atoms with E-state index in [9.17, 15) is 0 Å². The van der Waals surface area contributed by atoms with E-state index in [-0.39, 0.29) is 0 Å². The average Bonchev–Trinajstić information content (AvgIpc) is 3.23. The maximum atomic E-state index is 5.84. The van der Waals surface area contributed by atoms with Gasteiger partial charge in [0.25, 0.3) is 0 Å². The molecule has 0 bridgehead atoms. The van der Waals surface area contributed by atoms with Crippen LogP contribution in [0, 0.1) is 11.8 Å². The summed E-state index contributed by atoms with van der Waals surface area (Å²) in [5.41, 5.74) is 0. The van der Waals surface area contributed by atoms with Crippen molar-refractivity contribution >= 4 is 0 Å². The molecule has 4 heteroatoms. The minimum Gasteiger partial charge on any atom is -0.379 e. The maximum Gasteiger partial charge on any atom is 0.0798 e. The van der Waals surface area contributed by atoms with E-state index in [0.29, 0.717) is 12.1 Å². The van der Waals surface area contributed by atoms with Gasteiger partial charge in [0.2, 0.25) is 0 Å². The SMILES string of the molecule is CO[C@H]1C[C@@H]2CN(C3CCCCC3)C[C@@H]2C[C@@H]1n1cccn1. The molecule has 0 N–H and O–H groups in total. The number of rotatable bonds is 3. The van der Waals surface area contributed by atoms with Crippen LogP contribution in [0.5, 0.6) is 0 Å². The zero-order valence-electron chi connectivity index (χ0n) is 13.7. The van der Waals surface area contributed by atoms with Crippen molar-refractivity contribution in [2.75, 3.05) is 20.2 Å². The summed E-state index contributed by atoms with van der Waals surface area (Å²) in [6.45, 7) is 2.62. The number of aromatic nitrogens is 2. The fourth-order valence-corrected chi connectivity index (χ4v) is 5.18. The predicted molar refractivity (Wildman–Crippen MR) is 86.7 cm³/mol. The lowest BCUT2D eigenvalue weighted by Crippen LogP contribution is -2.37. The Morgan fingerprint density at radius 3 is 2.50 bits per heavy atom. The van der Waals surface area contributed by atoms with Crippen LogP contribution >= 0.6 is 0 Å². The van der Waals surface area contributed by atoms with E-state index in [1.165, 1.54) is 58.0 Å². The Morgan fingerprint density at radius 2 is 1.82 bits per heavy atom. The third-order valence-corrected chi connectivity index (χ3v) is 6.37. The molecule has 1 aromatic heterocycles. The minimum atomic E-state index is 0.326. The van der Waals surface area contributed by atoms with Crippen molar-refractivity contribution < 1.29 is 4.74 Å². The molecule has 2 saturated carbocycles. The molecule has 1 aliphatic heterocycles. The summed E-state index contributed by atoms with van der Waals surface area (Å²) < 4.78 is 7.97. The highest BCUT2D eigenvalue weighted by atomic mass is 16.5. The Hall–Kier alpha value is -0.870. The van der Waals surface area contributed by atoms with Gasteiger partial charge in [-0.2, -0.15) is 5.10 Å². The Balaban J connectivity index is 1.45. The van der Waals surface area contributed by atoms with Crippen LogP contribution < -0.4 is 0 Å². The first kappa shape index (κ1) is 14.7. The average molecular weight is 303 g/mol. The number of nitrogens with zero attached hydrogens (tertiary/aromatic N) is 3. The van der Waals surface area contributed by atoms with Gasteiger partial charge in [0.1, 0.15) is 0 Å². The van der Waals surface area contributed by atoms with Gasteiger partial charge >= 0.3 is 0 Å². The van der Waals surface area contributed by atoms with Crippen molar-refractivity contribution in [2.45, 2.75) is 63.1 Å². The highest BCUT2D eigenvalue weighted by Crippen LogP contribution is 2.43. The highest BCUT2D eigenvalue weighted by Gasteiger charge is 2.44. The molecule has 0 unspecified atom stereocenters. The van der Waals surface area contributed by atoms with E-state index in [2.05, 4.69) is 20.9 Å². The molecule has 4 rings (SSSR count). The molecule has 2 aliphatic carbocycles. The zero-order chi connectivity index (χ0) is 14.9. The Kier molecular flexibility index (Phi) is 4.23. The topological polar surface area (TPSA) is 30.3 Å². The molecule has 0 aromatic carbocycles. The third kappa shape index (κ3) is 2.71. The Labute approximate surface area is 133 Å². The summed E-state index contributed by atoms with van der Waals surface area (Å²) in [6.07, 6.45) is 13.9. The van der Waals surface area contributed by atoms with E-state index in [4.69, 9.17) is 4.74 Å². The van der Waals surface area contributed by atoms with Crippen LogP contribution in [0.4, 0.5) is 0 Å². The van der Waals surface area contributed by atoms with Gasteiger partial charge in [-0.25, -0.2) is 0 Å². The second-order valence-corrected chi connectivity index (χ2v) is 7.56. The van der Waals surface area contributed by atoms with Crippen LogP contribution in [0.25, 0.3) is 0 Å². The molecule has 0 spiro atoms.